The minimum Gasteiger partial charge on any atom is -0.368 e. The largest absolute Gasteiger partial charge is 0.416 e. The van der Waals surface area contributed by atoms with Crippen molar-refractivity contribution in [3.05, 3.63) is 71.5 Å². The summed E-state index contributed by atoms with van der Waals surface area (Å²) >= 11 is 0. The van der Waals surface area contributed by atoms with E-state index in [1.807, 2.05) is 24.3 Å². The lowest BCUT2D eigenvalue weighted by Gasteiger charge is -2.09. The normalized spacial score (nSPS) is 12.0. The first-order valence-corrected chi connectivity index (χ1v) is 7.47. The number of anilines is 1. The van der Waals surface area contributed by atoms with E-state index in [4.69, 9.17) is 5.73 Å². The first-order chi connectivity index (χ1) is 11.8. The van der Waals surface area contributed by atoms with Gasteiger partial charge in [-0.3, -0.25) is 0 Å². The van der Waals surface area contributed by atoms with Gasteiger partial charge in [-0.2, -0.15) is 18.3 Å². The molecule has 0 radical (unpaired) electrons. The van der Waals surface area contributed by atoms with Gasteiger partial charge in [0.1, 0.15) is 0 Å². The van der Waals surface area contributed by atoms with Gasteiger partial charge < -0.3 is 5.73 Å². The highest BCUT2D eigenvalue weighted by atomic mass is 19.4. The number of hydrogen-bond donors (Lipinski definition) is 1. The molecule has 0 fully saturated rings. The molecule has 0 amide bonds. The second kappa shape index (κ2) is 6.43. The van der Waals surface area contributed by atoms with Crippen LogP contribution >= 0.6 is 0 Å². The minimum atomic E-state index is -4.35. The van der Waals surface area contributed by atoms with Crippen LogP contribution in [0.15, 0.2) is 59.8 Å². The Kier molecular flexibility index (Phi) is 4.31. The Morgan fingerprint density at radius 3 is 2.36 bits per heavy atom. The van der Waals surface area contributed by atoms with E-state index < -0.39 is 11.7 Å². The van der Waals surface area contributed by atoms with Crippen molar-refractivity contribution in [2.75, 3.05) is 5.73 Å². The number of aromatic nitrogens is 2. The zero-order valence-electron chi connectivity index (χ0n) is 13.3. The van der Waals surface area contributed by atoms with Gasteiger partial charge in [-0.05, 0) is 30.2 Å². The Bertz CT molecular complexity index is 909. The summed E-state index contributed by atoms with van der Waals surface area (Å²) in [5, 5.41) is 4.26. The van der Waals surface area contributed by atoms with Crippen LogP contribution in [-0.4, -0.2) is 15.9 Å². The van der Waals surface area contributed by atoms with E-state index >= 15 is 0 Å². The maximum Gasteiger partial charge on any atom is 0.416 e. The third kappa shape index (κ3) is 3.71. The fraction of sp³-hybridized carbons (Fsp3) is 0.111. The molecule has 0 saturated carbocycles. The highest BCUT2D eigenvalue weighted by molar-refractivity contribution is 5.90. The number of alkyl halides is 3. The summed E-state index contributed by atoms with van der Waals surface area (Å²) in [6, 6.07) is 12.3. The molecule has 1 heterocycles. The molecular formula is C18H15F3N4. The molecule has 0 aliphatic carbocycles. The van der Waals surface area contributed by atoms with Crippen LogP contribution in [0.4, 0.5) is 19.1 Å². The van der Waals surface area contributed by atoms with Crippen molar-refractivity contribution in [3.63, 3.8) is 0 Å². The van der Waals surface area contributed by atoms with E-state index in [9.17, 15) is 13.2 Å². The molecule has 0 spiro atoms. The maximum atomic E-state index is 12.7. The third-order valence-electron chi connectivity index (χ3n) is 3.64. The topological polar surface area (TPSA) is 56.2 Å². The molecule has 2 N–H and O–H groups in total. The second-order valence-corrected chi connectivity index (χ2v) is 5.49. The van der Waals surface area contributed by atoms with Crippen LogP contribution in [0.3, 0.4) is 0 Å². The molecular weight excluding hydrogens is 329 g/mol. The summed E-state index contributed by atoms with van der Waals surface area (Å²) in [5.41, 5.74) is 8.01. The molecule has 0 bridgehead atoms. The zero-order valence-corrected chi connectivity index (χ0v) is 13.3. The lowest BCUT2D eigenvalue weighted by atomic mass is 9.99. The summed E-state index contributed by atoms with van der Waals surface area (Å²) in [5.74, 6) is 0.265. The summed E-state index contributed by atoms with van der Waals surface area (Å²) in [7, 11) is 0. The number of halogens is 3. The van der Waals surface area contributed by atoms with E-state index in [0.29, 0.717) is 5.56 Å². The molecule has 0 atom stereocenters. The Balaban J connectivity index is 1.95. The molecule has 3 rings (SSSR count). The highest BCUT2D eigenvalue weighted by Crippen LogP contribution is 2.31. The number of nitrogen functional groups attached to an aromatic ring is 1. The van der Waals surface area contributed by atoms with Crippen molar-refractivity contribution in [1.82, 2.24) is 9.66 Å². The van der Waals surface area contributed by atoms with Gasteiger partial charge in [-0.15, -0.1) is 0 Å². The van der Waals surface area contributed by atoms with Crippen LogP contribution in [0.2, 0.25) is 0 Å². The Morgan fingerprint density at radius 1 is 1.08 bits per heavy atom. The van der Waals surface area contributed by atoms with Crippen LogP contribution in [-0.2, 0) is 6.18 Å². The Labute approximate surface area is 142 Å². The lowest BCUT2D eigenvalue weighted by Crippen LogP contribution is -2.04. The molecule has 0 unspecified atom stereocenters. The monoisotopic (exact) mass is 344 g/mol. The van der Waals surface area contributed by atoms with Crippen molar-refractivity contribution < 1.29 is 13.2 Å². The van der Waals surface area contributed by atoms with Crippen LogP contribution in [0.5, 0.6) is 0 Å². The van der Waals surface area contributed by atoms with Crippen molar-refractivity contribution >= 4 is 12.2 Å². The Hall–Kier alpha value is -3.09. The first kappa shape index (κ1) is 16.8. The quantitative estimate of drug-likeness (QED) is 0.719. The summed E-state index contributed by atoms with van der Waals surface area (Å²) in [6.45, 7) is 1.80. The summed E-state index contributed by atoms with van der Waals surface area (Å²) < 4.78 is 39.6. The van der Waals surface area contributed by atoms with Crippen LogP contribution in [0.1, 0.15) is 16.8 Å². The van der Waals surface area contributed by atoms with Gasteiger partial charge >= 0.3 is 6.18 Å². The van der Waals surface area contributed by atoms with Gasteiger partial charge in [0.05, 0.1) is 23.7 Å². The SMILES string of the molecule is Cc1cn(N=Cc2ccccc2-c2ccc(C(F)(F)F)cc2)c(N)n1. The second-order valence-electron chi connectivity index (χ2n) is 5.49. The standard InChI is InChI=1S/C18H15F3N4/c1-12-11-25(17(22)24-12)23-10-14-4-2-3-5-16(14)13-6-8-15(9-7-13)18(19,20)21/h2-11H,1H3,(H2,22,24). The van der Waals surface area contributed by atoms with Gasteiger partial charge in [0, 0.05) is 5.56 Å². The number of nitrogens with two attached hydrogens (primary N) is 1. The van der Waals surface area contributed by atoms with E-state index in [1.165, 1.54) is 16.8 Å². The van der Waals surface area contributed by atoms with Crippen LogP contribution in [0.25, 0.3) is 11.1 Å². The minimum absolute atomic E-state index is 0.265. The van der Waals surface area contributed by atoms with Gasteiger partial charge in [-0.1, -0.05) is 36.4 Å². The van der Waals surface area contributed by atoms with Crippen molar-refractivity contribution in [2.45, 2.75) is 13.1 Å². The predicted molar refractivity (Wildman–Crippen MR) is 91.2 cm³/mol. The molecule has 7 heteroatoms. The van der Waals surface area contributed by atoms with Crippen molar-refractivity contribution in [2.24, 2.45) is 5.10 Å². The number of rotatable bonds is 3. The number of hydrogen-bond acceptors (Lipinski definition) is 3. The predicted octanol–water partition coefficient (Wildman–Crippen LogP) is 4.34. The zero-order chi connectivity index (χ0) is 18.0. The fourth-order valence-electron chi connectivity index (χ4n) is 2.43. The van der Waals surface area contributed by atoms with Crippen LogP contribution in [0, 0.1) is 6.92 Å². The van der Waals surface area contributed by atoms with E-state index in [1.54, 1.807) is 19.3 Å². The lowest BCUT2D eigenvalue weighted by molar-refractivity contribution is -0.137. The van der Waals surface area contributed by atoms with Gasteiger partial charge in [0.2, 0.25) is 5.95 Å². The van der Waals surface area contributed by atoms with E-state index in [0.717, 1.165) is 29.0 Å². The Morgan fingerprint density at radius 2 is 1.76 bits per heavy atom. The molecule has 0 saturated heterocycles. The first-order valence-electron chi connectivity index (χ1n) is 7.47. The average molecular weight is 344 g/mol. The number of imidazole rings is 1. The van der Waals surface area contributed by atoms with E-state index in [2.05, 4.69) is 10.1 Å². The molecule has 4 nitrogen and oxygen atoms in total. The molecule has 128 valence electrons. The molecule has 0 aliphatic heterocycles. The van der Waals surface area contributed by atoms with E-state index in [-0.39, 0.29) is 5.95 Å². The highest BCUT2D eigenvalue weighted by Gasteiger charge is 2.30. The molecule has 0 aliphatic rings. The van der Waals surface area contributed by atoms with Crippen molar-refractivity contribution in [1.29, 1.82) is 0 Å². The van der Waals surface area contributed by atoms with Gasteiger partial charge in [0.25, 0.3) is 0 Å². The third-order valence-corrected chi connectivity index (χ3v) is 3.64. The smallest absolute Gasteiger partial charge is 0.368 e. The summed E-state index contributed by atoms with van der Waals surface area (Å²) in [4.78, 5) is 4.06. The molecule has 25 heavy (non-hydrogen) atoms. The molecule has 3 aromatic rings. The fourth-order valence-corrected chi connectivity index (χ4v) is 2.43. The van der Waals surface area contributed by atoms with Crippen LogP contribution < -0.4 is 5.73 Å². The van der Waals surface area contributed by atoms with Gasteiger partial charge in [0.15, 0.2) is 0 Å². The number of benzene rings is 2. The average Bonchev–Trinajstić information content (AvgIpc) is 2.90. The van der Waals surface area contributed by atoms with Crippen molar-refractivity contribution in [3.8, 4) is 11.1 Å². The number of nitrogens with zero attached hydrogens (tertiary/aromatic N) is 3. The number of aryl methyl sites for hydroxylation is 1. The molecule has 2 aromatic carbocycles. The maximum absolute atomic E-state index is 12.7. The molecule has 1 aromatic heterocycles. The van der Waals surface area contributed by atoms with Gasteiger partial charge in [-0.25, -0.2) is 9.66 Å². The summed E-state index contributed by atoms with van der Waals surface area (Å²) in [6.07, 6.45) is -1.06.